The largest absolute Gasteiger partial charge is 0.497 e. The van der Waals surface area contributed by atoms with E-state index in [4.69, 9.17) is 10.00 Å². The summed E-state index contributed by atoms with van der Waals surface area (Å²) in [4.78, 5) is 4.32. The first kappa shape index (κ1) is 15.8. The van der Waals surface area contributed by atoms with Gasteiger partial charge in [0.25, 0.3) is 0 Å². The van der Waals surface area contributed by atoms with E-state index >= 15 is 0 Å². The molecule has 0 aliphatic carbocycles. The molecule has 4 heteroatoms. The summed E-state index contributed by atoms with van der Waals surface area (Å²) in [5.74, 6) is 1.63. The van der Waals surface area contributed by atoms with E-state index in [9.17, 15) is 0 Å². The van der Waals surface area contributed by atoms with Crippen molar-refractivity contribution in [2.45, 2.75) is 32.7 Å². The molecule has 0 aliphatic heterocycles. The van der Waals surface area contributed by atoms with Crippen LogP contribution in [0.15, 0.2) is 36.4 Å². The van der Waals surface area contributed by atoms with Crippen LogP contribution in [0.1, 0.15) is 30.2 Å². The molecule has 0 bridgehead atoms. The Morgan fingerprint density at radius 2 is 1.95 bits per heavy atom. The summed E-state index contributed by atoms with van der Waals surface area (Å²) < 4.78 is 5.16. The predicted octanol–water partition coefficient (Wildman–Crippen LogP) is 3.70. The molecule has 0 amide bonds. The van der Waals surface area contributed by atoms with Gasteiger partial charge in [-0.15, -0.1) is 0 Å². The van der Waals surface area contributed by atoms with E-state index in [1.165, 1.54) is 5.56 Å². The first-order valence-electron chi connectivity index (χ1n) is 7.39. The molecule has 1 unspecified atom stereocenters. The summed E-state index contributed by atoms with van der Waals surface area (Å²) in [6.07, 6.45) is 1.97. The number of ether oxygens (including phenoxy) is 1. The van der Waals surface area contributed by atoms with Gasteiger partial charge in [0.2, 0.25) is 0 Å². The SMILES string of the molecule is COc1ccc(CCC(C)Nc2ccc(C)c(C#N)n2)cc1. The van der Waals surface area contributed by atoms with E-state index in [1.807, 2.05) is 31.2 Å². The van der Waals surface area contributed by atoms with Gasteiger partial charge in [-0.05, 0) is 56.0 Å². The van der Waals surface area contributed by atoms with Crippen LogP contribution < -0.4 is 10.1 Å². The first-order chi connectivity index (χ1) is 10.6. The minimum Gasteiger partial charge on any atom is -0.497 e. The van der Waals surface area contributed by atoms with Crippen LogP contribution in [0, 0.1) is 18.3 Å². The predicted molar refractivity (Wildman–Crippen MR) is 88.1 cm³/mol. The zero-order valence-electron chi connectivity index (χ0n) is 13.3. The van der Waals surface area contributed by atoms with E-state index in [-0.39, 0.29) is 6.04 Å². The number of rotatable bonds is 6. The van der Waals surface area contributed by atoms with Crippen molar-refractivity contribution in [1.29, 1.82) is 5.26 Å². The van der Waals surface area contributed by atoms with Gasteiger partial charge in [-0.2, -0.15) is 5.26 Å². The number of aryl methyl sites for hydroxylation is 2. The highest BCUT2D eigenvalue weighted by molar-refractivity contribution is 5.43. The molecule has 0 spiro atoms. The highest BCUT2D eigenvalue weighted by Crippen LogP contribution is 2.15. The van der Waals surface area contributed by atoms with Crippen molar-refractivity contribution in [2.75, 3.05) is 12.4 Å². The number of aromatic nitrogens is 1. The third-order valence-electron chi connectivity index (χ3n) is 3.62. The zero-order chi connectivity index (χ0) is 15.9. The van der Waals surface area contributed by atoms with Crippen molar-refractivity contribution < 1.29 is 4.74 Å². The van der Waals surface area contributed by atoms with Crippen molar-refractivity contribution in [3.63, 3.8) is 0 Å². The fraction of sp³-hybridized carbons (Fsp3) is 0.333. The van der Waals surface area contributed by atoms with Gasteiger partial charge in [-0.3, -0.25) is 0 Å². The average Bonchev–Trinajstić information content (AvgIpc) is 2.55. The maximum atomic E-state index is 9.02. The Morgan fingerprint density at radius 1 is 1.23 bits per heavy atom. The maximum absolute atomic E-state index is 9.02. The summed E-state index contributed by atoms with van der Waals surface area (Å²) in [6.45, 7) is 4.01. The number of hydrogen-bond donors (Lipinski definition) is 1. The Balaban J connectivity index is 1.89. The van der Waals surface area contributed by atoms with Crippen LogP contribution in [-0.2, 0) is 6.42 Å². The van der Waals surface area contributed by atoms with Gasteiger partial charge in [0, 0.05) is 6.04 Å². The highest BCUT2D eigenvalue weighted by atomic mass is 16.5. The van der Waals surface area contributed by atoms with Crippen LogP contribution in [0.5, 0.6) is 5.75 Å². The second kappa shape index (κ2) is 7.46. The number of methoxy groups -OCH3 is 1. The lowest BCUT2D eigenvalue weighted by atomic mass is 10.1. The Hall–Kier alpha value is -2.54. The lowest BCUT2D eigenvalue weighted by Gasteiger charge is -2.15. The third-order valence-corrected chi connectivity index (χ3v) is 3.62. The summed E-state index contributed by atoms with van der Waals surface area (Å²) in [6, 6.07) is 14.4. The molecule has 0 saturated heterocycles. The molecule has 1 atom stereocenters. The monoisotopic (exact) mass is 295 g/mol. The number of nitrogens with one attached hydrogen (secondary N) is 1. The maximum Gasteiger partial charge on any atom is 0.145 e. The molecule has 2 rings (SSSR count). The number of benzene rings is 1. The number of anilines is 1. The molecule has 22 heavy (non-hydrogen) atoms. The molecule has 0 saturated carbocycles. The van der Waals surface area contributed by atoms with Crippen molar-refractivity contribution in [3.8, 4) is 11.8 Å². The minimum atomic E-state index is 0.281. The topological polar surface area (TPSA) is 57.9 Å². The molecular formula is C18H21N3O. The van der Waals surface area contributed by atoms with Gasteiger partial charge < -0.3 is 10.1 Å². The van der Waals surface area contributed by atoms with Gasteiger partial charge in [-0.25, -0.2) is 4.98 Å². The summed E-state index contributed by atoms with van der Waals surface area (Å²) in [7, 11) is 1.67. The van der Waals surface area contributed by atoms with Crippen LogP contribution >= 0.6 is 0 Å². The van der Waals surface area contributed by atoms with Crippen molar-refractivity contribution in [1.82, 2.24) is 4.98 Å². The van der Waals surface area contributed by atoms with Crippen LogP contribution in [0.25, 0.3) is 0 Å². The van der Waals surface area contributed by atoms with Crippen LogP contribution in [0.3, 0.4) is 0 Å². The Bertz CT molecular complexity index is 659. The molecule has 1 N–H and O–H groups in total. The molecule has 4 nitrogen and oxygen atoms in total. The molecule has 0 radical (unpaired) electrons. The molecule has 2 aromatic rings. The number of pyridine rings is 1. The molecular weight excluding hydrogens is 274 g/mol. The Morgan fingerprint density at radius 3 is 2.59 bits per heavy atom. The minimum absolute atomic E-state index is 0.281. The molecule has 0 fully saturated rings. The van der Waals surface area contributed by atoms with Gasteiger partial charge in [0.1, 0.15) is 23.3 Å². The van der Waals surface area contributed by atoms with Crippen molar-refractivity contribution in [3.05, 3.63) is 53.2 Å². The molecule has 1 aromatic heterocycles. The first-order valence-corrected chi connectivity index (χ1v) is 7.39. The summed E-state index contributed by atoms with van der Waals surface area (Å²) in [5.41, 5.74) is 2.66. The van der Waals surface area contributed by atoms with E-state index in [1.54, 1.807) is 7.11 Å². The second-order valence-corrected chi connectivity index (χ2v) is 5.41. The van der Waals surface area contributed by atoms with E-state index in [0.29, 0.717) is 5.69 Å². The summed E-state index contributed by atoms with van der Waals surface area (Å²) in [5, 5.41) is 12.4. The quantitative estimate of drug-likeness (QED) is 0.882. The Kier molecular flexibility index (Phi) is 5.37. The normalized spacial score (nSPS) is 11.5. The lowest BCUT2D eigenvalue weighted by molar-refractivity contribution is 0.414. The van der Waals surface area contributed by atoms with E-state index in [2.05, 4.69) is 35.4 Å². The second-order valence-electron chi connectivity index (χ2n) is 5.41. The molecule has 114 valence electrons. The molecule has 1 heterocycles. The van der Waals surface area contributed by atoms with Gasteiger partial charge >= 0.3 is 0 Å². The van der Waals surface area contributed by atoms with Crippen LogP contribution in [0.4, 0.5) is 5.82 Å². The Labute approximate surface area is 131 Å². The van der Waals surface area contributed by atoms with Crippen molar-refractivity contribution in [2.24, 2.45) is 0 Å². The van der Waals surface area contributed by atoms with E-state index < -0.39 is 0 Å². The van der Waals surface area contributed by atoms with Gasteiger partial charge in [0.05, 0.1) is 7.11 Å². The number of nitriles is 1. The zero-order valence-corrected chi connectivity index (χ0v) is 13.3. The fourth-order valence-corrected chi connectivity index (χ4v) is 2.22. The highest BCUT2D eigenvalue weighted by Gasteiger charge is 2.06. The summed E-state index contributed by atoms with van der Waals surface area (Å²) >= 11 is 0. The average molecular weight is 295 g/mol. The smallest absolute Gasteiger partial charge is 0.145 e. The van der Waals surface area contributed by atoms with Crippen LogP contribution in [0.2, 0.25) is 0 Å². The molecule has 0 aliphatic rings. The standard InChI is InChI=1S/C18H21N3O/c1-13-4-11-18(21-17(13)12-19)20-14(2)5-6-15-7-9-16(22-3)10-8-15/h4,7-11,14H,5-6H2,1-3H3,(H,20,21). The number of nitrogens with zero attached hydrogens (tertiary/aromatic N) is 2. The van der Waals surface area contributed by atoms with Crippen LogP contribution in [-0.4, -0.2) is 18.1 Å². The van der Waals surface area contributed by atoms with E-state index in [0.717, 1.165) is 30.0 Å². The fourth-order valence-electron chi connectivity index (χ4n) is 2.22. The van der Waals surface area contributed by atoms with Gasteiger partial charge in [0.15, 0.2) is 0 Å². The number of hydrogen-bond acceptors (Lipinski definition) is 4. The van der Waals surface area contributed by atoms with Crippen molar-refractivity contribution >= 4 is 5.82 Å². The third kappa shape index (κ3) is 4.23. The molecule has 1 aromatic carbocycles. The van der Waals surface area contributed by atoms with Gasteiger partial charge in [-0.1, -0.05) is 18.2 Å². The lowest BCUT2D eigenvalue weighted by Crippen LogP contribution is -2.17.